The topological polar surface area (TPSA) is 61.4 Å². The predicted molar refractivity (Wildman–Crippen MR) is 88.7 cm³/mol. The van der Waals surface area contributed by atoms with E-state index in [-0.39, 0.29) is 12.4 Å². The number of aryl methyl sites for hydroxylation is 1. The van der Waals surface area contributed by atoms with Crippen molar-refractivity contribution in [3.63, 3.8) is 0 Å². The van der Waals surface area contributed by atoms with Gasteiger partial charge in [-0.05, 0) is 51.2 Å². The lowest BCUT2D eigenvalue weighted by atomic mass is 9.75. The average molecular weight is 323 g/mol. The Labute approximate surface area is 135 Å². The van der Waals surface area contributed by atoms with E-state index < -0.39 is 21.6 Å². The summed E-state index contributed by atoms with van der Waals surface area (Å²) in [6.45, 7) is 5.78. The summed E-state index contributed by atoms with van der Waals surface area (Å²) in [6.07, 6.45) is 2.93. The van der Waals surface area contributed by atoms with Gasteiger partial charge in [-0.2, -0.15) is 0 Å². The Morgan fingerprint density at radius 3 is 2.73 bits per heavy atom. The van der Waals surface area contributed by atoms with Gasteiger partial charge in [0.25, 0.3) is 0 Å². The smallest absolute Gasteiger partial charge is 0.307 e. The molecule has 0 aliphatic heterocycles. The summed E-state index contributed by atoms with van der Waals surface area (Å²) in [6, 6.07) is 8.10. The summed E-state index contributed by atoms with van der Waals surface area (Å²) in [4.78, 5) is 12.0. The summed E-state index contributed by atoms with van der Waals surface area (Å²) < 4.78 is 20.4. The number of methoxy groups -OCH3 is 1. The van der Waals surface area contributed by atoms with E-state index in [1.807, 2.05) is 39.0 Å². The molecular formula is C17H25NO3S. The molecule has 2 atom stereocenters. The molecule has 22 heavy (non-hydrogen) atoms. The Balaban J connectivity index is 2.41. The van der Waals surface area contributed by atoms with Crippen LogP contribution in [0.4, 0.5) is 0 Å². The van der Waals surface area contributed by atoms with Crippen molar-refractivity contribution < 1.29 is 14.1 Å². The van der Waals surface area contributed by atoms with Crippen LogP contribution in [0.25, 0.3) is 0 Å². The van der Waals surface area contributed by atoms with Gasteiger partial charge in [-0.3, -0.25) is 4.79 Å². The van der Waals surface area contributed by atoms with Gasteiger partial charge >= 0.3 is 5.97 Å². The van der Waals surface area contributed by atoms with Crippen molar-refractivity contribution in [2.24, 2.45) is 0 Å². The zero-order valence-corrected chi connectivity index (χ0v) is 14.6. The molecule has 0 radical (unpaired) electrons. The van der Waals surface area contributed by atoms with Gasteiger partial charge in [0.2, 0.25) is 0 Å². The maximum atomic E-state index is 12.7. The molecule has 0 heterocycles. The van der Waals surface area contributed by atoms with Crippen molar-refractivity contribution in [2.45, 2.75) is 56.7 Å². The average Bonchev–Trinajstić information content (AvgIpc) is 2.46. The van der Waals surface area contributed by atoms with Crippen LogP contribution in [0.5, 0.6) is 0 Å². The molecule has 1 aliphatic carbocycles. The number of carbonyl (C=O) groups excluding carboxylic acids is 1. The highest BCUT2D eigenvalue weighted by atomic mass is 32.2. The minimum atomic E-state index is -1.26. The molecule has 1 aromatic rings. The van der Waals surface area contributed by atoms with Gasteiger partial charge in [0, 0.05) is 11.4 Å². The highest BCUT2D eigenvalue weighted by Gasteiger charge is 2.44. The molecule has 2 rings (SSSR count). The molecule has 1 aliphatic rings. The fourth-order valence-electron chi connectivity index (χ4n) is 2.90. The maximum Gasteiger partial charge on any atom is 0.307 e. The molecule has 0 bridgehead atoms. The van der Waals surface area contributed by atoms with Crippen LogP contribution in [0.1, 0.15) is 51.2 Å². The van der Waals surface area contributed by atoms with E-state index in [0.717, 1.165) is 24.8 Å². The largest absolute Gasteiger partial charge is 0.598 e. The SMILES string of the molecule is COC(=O)C[C@]1(N[S@@+]([O-])C(C)(C)C)CCCc2ccccc21. The first-order valence-electron chi connectivity index (χ1n) is 7.63. The fourth-order valence-corrected chi connectivity index (χ4v) is 3.84. The van der Waals surface area contributed by atoms with Crippen LogP contribution in [-0.2, 0) is 32.9 Å². The lowest BCUT2D eigenvalue weighted by molar-refractivity contribution is -0.142. The van der Waals surface area contributed by atoms with Gasteiger partial charge in [0.05, 0.1) is 19.1 Å². The van der Waals surface area contributed by atoms with Crippen molar-refractivity contribution in [1.29, 1.82) is 0 Å². The van der Waals surface area contributed by atoms with Crippen molar-refractivity contribution >= 4 is 17.3 Å². The van der Waals surface area contributed by atoms with Crippen molar-refractivity contribution in [3.8, 4) is 0 Å². The van der Waals surface area contributed by atoms with E-state index in [9.17, 15) is 9.35 Å². The van der Waals surface area contributed by atoms with Crippen LogP contribution < -0.4 is 4.72 Å². The quantitative estimate of drug-likeness (QED) is 0.684. The van der Waals surface area contributed by atoms with E-state index in [1.165, 1.54) is 12.7 Å². The molecule has 0 saturated carbocycles. The van der Waals surface area contributed by atoms with E-state index in [2.05, 4.69) is 10.8 Å². The number of esters is 1. The van der Waals surface area contributed by atoms with E-state index in [1.54, 1.807) is 0 Å². The van der Waals surface area contributed by atoms with Gasteiger partial charge in [0.1, 0.15) is 4.75 Å². The fraction of sp³-hybridized carbons (Fsp3) is 0.588. The van der Waals surface area contributed by atoms with Crippen LogP contribution >= 0.6 is 0 Å². The number of hydrogen-bond donors (Lipinski definition) is 1. The Kier molecular flexibility index (Phi) is 5.20. The molecule has 0 fully saturated rings. The third-order valence-electron chi connectivity index (χ3n) is 4.10. The molecule has 1 N–H and O–H groups in total. The Bertz CT molecular complexity index is 541. The second-order valence-corrected chi connectivity index (χ2v) is 8.80. The lowest BCUT2D eigenvalue weighted by Gasteiger charge is -2.40. The minimum absolute atomic E-state index is 0.197. The summed E-state index contributed by atoms with van der Waals surface area (Å²) in [7, 11) is 1.39. The van der Waals surface area contributed by atoms with Crippen molar-refractivity contribution in [2.75, 3.05) is 7.11 Å². The molecule has 0 spiro atoms. The van der Waals surface area contributed by atoms with Crippen LogP contribution in [0.2, 0.25) is 0 Å². The molecule has 0 amide bonds. The Hall–Kier alpha value is -1.04. The van der Waals surface area contributed by atoms with Crippen LogP contribution in [-0.4, -0.2) is 22.4 Å². The van der Waals surface area contributed by atoms with Crippen LogP contribution in [0.3, 0.4) is 0 Å². The Morgan fingerprint density at radius 2 is 2.09 bits per heavy atom. The highest BCUT2D eigenvalue weighted by Crippen LogP contribution is 2.39. The minimum Gasteiger partial charge on any atom is -0.598 e. The second-order valence-electron chi connectivity index (χ2n) is 6.83. The van der Waals surface area contributed by atoms with Gasteiger partial charge in [-0.25, -0.2) is 0 Å². The van der Waals surface area contributed by atoms with Gasteiger partial charge < -0.3 is 9.29 Å². The second kappa shape index (κ2) is 6.60. The van der Waals surface area contributed by atoms with Crippen molar-refractivity contribution in [1.82, 2.24) is 4.72 Å². The first kappa shape index (κ1) is 17.3. The molecule has 0 saturated heterocycles. The van der Waals surface area contributed by atoms with Gasteiger partial charge in [-0.1, -0.05) is 24.3 Å². The van der Waals surface area contributed by atoms with Crippen molar-refractivity contribution in [3.05, 3.63) is 35.4 Å². The number of benzene rings is 1. The first-order valence-corrected chi connectivity index (χ1v) is 8.78. The zero-order valence-electron chi connectivity index (χ0n) is 13.8. The third kappa shape index (κ3) is 3.65. The highest BCUT2D eigenvalue weighted by molar-refractivity contribution is 7.90. The summed E-state index contributed by atoms with van der Waals surface area (Å²) >= 11 is -1.26. The van der Waals surface area contributed by atoms with Gasteiger partial charge in [-0.15, -0.1) is 4.72 Å². The molecule has 1 aromatic carbocycles. The number of nitrogens with one attached hydrogen (secondary N) is 1. The number of carbonyl (C=O) groups is 1. The zero-order chi connectivity index (χ0) is 16.4. The Morgan fingerprint density at radius 1 is 1.41 bits per heavy atom. The molecular weight excluding hydrogens is 298 g/mol. The van der Waals surface area contributed by atoms with Crippen LogP contribution in [0.15, 0.2) is 24.3 Å². The maximum absolute atomic E-state index is 12.7. The van der Waals surface area contributed by atoms with Crippen LogP contribution in [0, 0.1) is 0 Å². The molecule has 0 unspecified atom stereocenters. The number of ether oxygens (including phenoxy) is 1. The van der Waals surface area contributed by atoms with Gasteiger partial charge in [0.15, 0.2) is 0 Å². The number of hydrogen-bond acceptors (Lipinski definition) is 4. The predicted octanol–water partition coefficient (Wildman–Crippen LogP) is 2.83. The lowest BCUT2D eigenvalue weighted by Crippen LogP contribution is -2.53. The van der Waals surface area contributed by atoms with E-state index >= 15 is 0 Å². The molecule has 4 nitrogen and oxygen atoms in total. The standard InChI is InChI=1S/C17H25NO3S/c1-16(2,3)22(20)18-17(12-15(19)21-4)11-7-9-13-8-5-6-10-14(13)17/h5-6,8,10,18H,7,9,11-12H2,1-4H3/t17-,22+/m1/s1. The third-order valence-corrected chi connectivity index (χ3v) is 5.79. The number of fused-ring (bicyclic) bond motifs is 1. The monoisotopic (exact) mass is 323 g/mol. The summed E-state index contributed by atoms with van der Waals surface area (Å²) in [5.41, 5.74) is 1.68. The summed E-state index contributed by atoms with van der Waals surface area (Å²) in [5, 5.41) is 0. The molecule has 5 heteroatoms. The van der Waals surface area contributed by atoms with E-state index in [0.29, 0.717) is 0 Å². The first-order chi connectivity index (χ1) is 10.3. The summed E-state index contributed by atoms with van der Waals surface area (Å²) in [5.74, 6) is -0.282. The number of rotatable bonds is 4. The molecule has 122 valence electrons. The van der Waals surface area contributed by atoms with E-state index in [4.69, 9.17) is 4.74 Å². The molecule has 0 aromatic heterocycles. The normalized spacial score (nSPS) is 22.8.